The van der Waals surface area contributed by atoms with Gasteiger partial charge in [-0.15, -0.1) is 0 Å². The number of halogens is 1. The predicted octanol–water partition coefficient (Wildman–Crippen LogP) is 2.37. The Morgan fingerprint density at radius 3 is 2.65 bits per heavy atom. The Morgan fingerprint density at radius 1 is 1.40 bits per heavy atom. The van der Waals surface area contributed by atoms with Crippen molar-refractivity contribution in [3.63, 3.8) is 0 Å². The number of hydrogen-bond donors (Lipinski definition) is 1. The lowest BCUT2D eigenvalue weighted by molar-refractivity contribution is -0.384. The smallest absolute Gasteiger partial charge is 0.329 e. The summed E-state index contributed by atoms with van der Waals surface area (Å²) in [6, 6.07) is 7.67. The lowest BCUT2D eigenvalue weighted by atomic mass is 10.2. The van der Waals surface area contributed by atoms with Crippen LogP contribution in [0.3, 0.4) is 0 Å². The summed E-state index contributed by atoms with van der Waals surface area (Å²) in [4.78, 5) is 19.7. The van der Waals surface area contributed by atoms with Crippen LogP contribution in [0.15, 0.2) is 34.9 Å². The minimum atomic E-state index is -0.521. The average molecular weight is 338 g/mol. The van der Waals surface area contributed by atoms with Crippen LogP contribution < -0.4 is 10.6 Å². The molecule has 7 nitrogen and oxygen atoms in total. The van der Waals surface area contributed by atoms with E-state index >= 15 is 0 Å². The Balaban J connectivity index is 2.28. The number of nitrogens with zero attached hydrogens (tertiary/aromatic N) is 4. The first-order chi connectivity index (χ1) is 9.47. The maximum atomic E-state index is 11.0. The number of nitrogen functional groups attached to an aromatic ring is 1. The highest BCUT2D eigenvalue weighted by atomic mass is 79.9. The second-order valence-corrected chi connectivity index (χ2v) is 5.09. The van der Waals surface area contributed by atoms with Crippen LogP contribution in [0.5, 0.6) is 0 Å². The van der Waals surface area contributed by atoms with Crippen molar-refractivity contribution in [1.82, 2.24) is 9.97 Å². The zero-order valence-corrected chi connectivity index (χ0v) is 12.2. The van der Waals surface area contributed by atoms with Crippen LogP contribution in [0.25, 0.3) is 0 Å². The van der Waals surface area contributed by atoms with Gasteiger partial charge in [0.05, 0.1) is 4.92 Å². The van der Waals surface area contributed by atoms with E-state index in [0.717, 1.165) is 16.2 Å². The van der Waals surface area contributed by atoms with Crippen LogP contribution in [0.4, 0.5) is 17.5 Å². The third-order valence-electron chi connectivity index (χ3n) is 2.66. The molecule has 0 saturated heterocycles. The van der Waals surface area contributed by atoms with Gasteiger partial charge in [0.15, 0.2) is 0 Å². The van der Waals surface area contributed by atoms with Gasteiger partial charge in [-0.2, -0.15) is 4.98 Å². The molecule has 0 atom stereocenters. The first-order valence-corrected chi connectivity index (χ1v) is 6.49. The summed E-state index contributed by atoms with van der Waals surface area (Å²) in [5, 5.41) is 11.0. The zero-order valence-electron chi connectivity index (χ0n) is 10.7. The molecule has 2 N–H and O–H groups in total. The van der Waals surface area contributed by atoms with Crippen LogP contribution in [0.2, 0.25) is 0 Å². The maximum Gasteiger partial charge on any atom is 0.329 e. The van der Waals surface area contributed by atoms with Crippen LogP contribution in [0, 0.1) is 10.1 Å². The molecule has 2 rings (SSSR count). The van der Waals surface area contributed by atoms with E-state index in [1.165, 1.54) is 0 Å². The van der Waals surface area contributed by atoms with E-state index in [9.17, 15) is 10.1 Å². The predicted molar refractivity (Wildman–Crippen MR) is 79.3 cm³/mol. The lowest BCUT2D eigenvalue weighted by Gasteiger charge is -2.18. The first-order valence-electron chi connectivity index (χ1n) is 5.70. The third-order valence-corrected chi connectivity index (χ3v) is 3.19. The molecular formula is C12H12BrN5O2. The summed E-state index contributed by atoms with van der Waals surface area (Å²) in [5.74, 6) is 0.207. The number of anilines is 2. The molecule has 1 heterocycles. The van der Waals surface area contributed by atoms with Gasteiger partial charge in [-0.05, 0) is 17.7 Å². The molecule has 0 radical (unpaired) electrons. The molecule has 104 valence electrons. The number of nitrogens with two attached hydrogens (primary N) is 1. The normalized spacial score (nSPS) is 10.3. The van der Waals surface area contributed by atoms with Gasteiger partial charge in [0, 0.05) is 18.1 Å². The van der Waals surface area contributed by atoms with E-state index in [-0.39, 0.29) is 17.5 Å². The summed E-state index contributed by atoms with van der Waals surface area (Å²) in [7, 11) is 1.72. The van der Waals surface area contributed by atoms with Crippen molar-refractivity contribution in [2.45, 2.75) is 6.54 Å². The SMILES string of the molecule is CN(Cc1ccc(Br)cc1)c1nc(N)ncc1[N+](=O)[O-]. The fraction of sp³-hybridized carbons (Fsp3) is 0.167. The van der Waals surface area contributed by atoms with Gasteiger partial charge in [-0.25, -0.2) is 4.98 Å². The van der Waals surface area contributed by atoms with Gasteiger partial charge in [0.25, 0.3) is 0 Å². The maximum absolute atomic E-state index is 11.0. The van der Waals surface area contributed by atoms with Crippen LogP contribution in [-0.2, 0) is 6.54 Å². The monoisotopic (exact) mass is 337 g/mol. The van der Waals surface area contributed by atoms with Crippen molar-refractivity contribution in [1.29, 1.82) is 0 Å². The van der Waals surface area contributed by atoms with Gasteiger partial charge in [0.2, 0.25) is 11.8 Å². The molecule has 2 aromatic rings. The standard InChI is InChI=1S/C12H12BrN5O2/c1-17(7-8-2-4-9(13)5-3-8)11-10(18(19)20)6-15-12(14)16-11/h2-6H,7H2,1H3,(H2,14,15,16). The molecule has 20 heavy (non-hydrogen) atoms. The van der Waals surface area contributed by atoms with E-state index in [0.29, 0.717) is 6.54 Å². The highest BCUT2D eigenvalue weighted by Crippen LogP contribution is 2.25. The fourth-order valence-electron chi connectivity index (χ4n) is 1.73. The highest BCUT2D eigenvalue weighted by molar-refractivity contribution is 9.10. The van der Waals surface area contributed by atoms with E-state index < -0.39 is 4.92 Å². The van der Waals surface area contributed by atoms with Gasteiger partial charge < -0.3 is 10.6 Å². The summed E-state index contributed by atoms with van der Waals surface area (Å²) in [6.07, 6.45) is 1.12. The Hall–Kier alpha value is -2.22. The molecule has 0 unspecified atom stereocenters. The topological polar surface area (TPSA) is 98.2 Å². The van der Waals surface area contributed by atoms with Crippen molar-refractivity contribution in [2.75, 3.05) is 17.7 Å². The van der Waals surface area contributed by atoms with Gasteiger partial charge >= 0.3 is 5.69 Å². The van der Waals surface area contributed by atoms with E-state index in [4.69, 9.17) is 5.73 Å². The summed E-state index contributed by atoms with van der Waals surface area (Å²) < 4.78 is 0.973. The molecule has 1 aromatic heterocycles. The van der Waals surface area contributed by atoms with Crippen LogP contribution in [0.1, 0.15) is 5.56 Å². The Kier molecular flexibility index (Phi) is 4.14. The van der Waals surface area contributed by atoms with Gasteiger partial charge in [-0.1, -0.05) is 28.1 Å². The Morgan fingerprint density at radius 2 is 2.05 bits per heavy atom. The van der Waals surface area contributed by atoms with E-state index in [1.54, 1.807) is 11.9 Å². The van der Waals surface area contributed by atoms with Crippen LogP contribution >= 0.6 is 15.9 Å². The molecule has 0 bridgehead atoms. The molecule has 8 heteroatoms. The minimum Gasteiger partial charge on any atom is -0.368 e. The second-order valence-electron chi connectivity index (χ2n) is 4.18. The lowest BCUT2D eigenvalue weighted by Crippen LogP contribution is -2.20. The van der Waals surface area contributed by atoms with Crippen molar-refractivity contribution < 1.29 is 4.92 Å². The largest absolute Gasteiger partial charge is 0.368 e. The molecule has 0 saturated carbocycles. The van der Waals surface area contributed by atoms with Gasteiger partial charge in [0.1, 0.15) is 6.20 Å². The molecular weight excluding hydrogens is 326 g/mol. The number of hydrogen-bond acceptors (Lipinski definition) is 6. The number of benzene rings is 1. The summed E-state index contributed by atoms with van der Waals surface area (Å²) >= 11 is 3.36. The minimum absolute atomic E-state index is 0.00764. The molecule has 1 aromatic carbocycles. The van der Waals surface area contributed by atoms with Crippen molar-refractivity contribution in [3.8, 4) is 0 Å². The van der Waals surface area contributed by atoms with E-state index in [2.05, 4.69) is 25.9 Å². The molecule has 0 aliphatic heterocycles. The number of nitro groups is 1. The summed E-state index contributed by atoms with van der Waals surface area (Å²) in [5.41, 5.74) is 6.34. The highest BCUT2D eigenvalue weighted by Gasteiger charge is 2.20. The van der Waals surface area contributed by atoms with E-state index in [1.807, 2.05) is 24.3 Å². The zero-order chi connectivity index (χ0) is 14.7. The Labute approximate surface area is 123 Å². The van der Waals surface area contributed by atoms with Crippen molar-refractivity contribution in [2.24, 2.45) is 0 Å². The summed E-state index contributed by atoms with van der Waals surface area (Å²) in [6.45, 7) is 0.477. The van der Waals surface area contributed by atoms with Crippen molar-refractivity contribution in [3.05, 3.63) is 50.6 Å². The fourth-order valence-corrected chi connectivity index (χ4v) is 1.99. The molecule has 0 aliphatic rings. The second kappa shape index (κ2) is 5.83. The number of aromatic nitrogens is 2. The molecule has 0 fully saturated rings. The average Bonchev–Trinajstić information content (AvgIpc) is 2.41. The Bertz CT molecular complexity index is 632. The van der Waals surface area contributed by atoms with Gasteiger partial charge in [-0.3, -0.25) is 10.1 Å². The van der Waals surface area contributed by atoms with Crippen molar-refractivity contribution >= 4 is 33.4 Å². The first kappa shape index (κ1) is 14.2. The third kappa shape index (κ3) is 3.21. The molecule has 0 aliphatic carbocycles. The molecule has 0 spiro atoms. The number of rotatable bonds is 4. The molecule has 0 amide bonds. The van der Waals surface area contributed by atoms with Crippen LogP contribution in [-0.4, -0.2) is 21.9 Å². The quantitative estimate of drug-likeness (QED) is 0.679.